The van der Waals surface area contributed by atoms with Gasteiger partial charge in [-0.3, -0.25) is 0 Å². The van der Waals surface area contributed by atoms with Crippen LogP contribution in [-0.2, 0) is 53.6 Å². The average Bonchev–Trinajstić information content (AvgIpc) is 0. The van der Waals surface area contributed by atoms with E-state index in [1.807, 2.05) is 0 Å². The Kier molecular flexibility index (Phi) is 423. The number of rotatable bonds is 0. The monoisotopic (exact) mass is 262 g/mol. The van der Waals surface area contributed by atoms with Crippen LogP contribution in [0.25, 0.3) is 0 Å². The summed E-state index contributed by atoms with van der Waals surface area (Å²) in [5, 5.41) is 0. The maximum Gasteiger partial charge on any atom is 2.00 e. The van der Waals surface area contributed by atoms with Crippen molar-refractivity contribution in [1.82, 2.24) is 0 Å². The van der Waals surface area contributed by atoms with Crippen LogP contribution >= 0.6 is 0 Å². The van der Waals surface area contributed by atoms with Gasteiger partial charge in [0.2, 0.25) is 0 Å². The van der Waals surface area contributed by atoms with Crippen LogP contribution in [0.3, 0.4) is 0 Å². The largest absolute Gasteiger partial charge is 2.00 e. The zero-order valence-corrected chi connectivity index (χ0v) is 11.8. The molecule has 6 heteroatoms. The standard InChI is InChI=1S/Al.Fe.Mg.Mn.H3Si.Zn.5H/h;;;;1H3;;;;;;/q;;+2;;;;;;;2*-1. The minimum atomic E-state index is 0. The molecule has 0 aliphatic carbocycles. The number of hydrogen-bond donors (Lipinski definition) is 0. The minimum absolute atomic E-state index is 0. The van der Waals surface area contributed by atoms with E-state index < -0.39 is 0 Å². The van der Waals surface area contributed by atoms with Crippen molar-refractivity contribution in [2.24, 2.45) is 0 Å². The molecule has 0 atom stereocenters. The Labute approximate surface area is 106 Å². The third kappa shape index (κ3) is 27.1. The molecule has 0 rings (SSSR count). The molecule has 0 aromatic heterocycles. The third-order valence-corrected chi connectivity index (χ3v) is 0. The summed E-state index contributed by atoms with van der Waals surface area (Å²) in [6.07, 6.45) is 0. The first-order valence-corrected chi connectivity index (χ1v) is 0. The van der Waals surface area contributed by atoms with E-state index in [1.54, 1.807) is 0 Å². The van der Waals surface area contributed by atoms with Crippen molar-refractivity contribution in [2.75, 3.05) is 0 Å². The topological polar surface area (TPSA) is 0 Å². The van der Waals surface area contributed by atoms with Gasteiger partial charge in [-0.25, -0.2) is 0 Å². The van der Waals surface area contributed by atoms with Crippen LogP contribution in [0.1, 0.15) is 2.85 Å². The second kappa shape index (κ2) is 41.7. The van der Waals surface area contributed by atoms with E-state index in [0.717, 1.165) is 0 Å². The van der Waals surface area contributed by atoms with Gasteiger partial charge in [-0.2, -0.15) is 0 Å². The van der Waals surface area contributed by atoms with E-state index in [2.05, 4.69) is 0 Å². The fraction of sp³-hybridized carbons (Fsp3) is 0. The fourth-order valence-corrected chi connectivity index (χ4v) is 0. The Morgan fingerprint density at radius 3 is 1.17 bits per heavy atom. The Hall–Kier alpha value is 3.18. The van der Waals surface area contributed by atoms with Crippen molar-refractivity contribution in [2.45, 2.75) is 0 Å². The molecule has 0 aliphatic heterocycles. The van der Waals surface area contributed by atoms with E-state index in [1.165, 1.54) is 0 Å². The van der Waals surface area contributed by atoms with E-state index >= 15 is 0 Å². The normalized spacial score (nSPS) is 0. The van der Waals surface area contributed by atoms with E-state index in [0.29, 0.717) is 0 Å². The third-order valence-electron chi connectivity index (χ3n) is 0. The molecule has 0 heterocycles. The van der Waals surface area contributed by atoms with Gasteiger partial charge < -0.3 is 2.85 Å². The van der Waals surface area contributed by atoms with E-state index in [4.69, 9.17) is 0 Å². The Bertz CT molecular complexity index is 22.0. The summed E-state index contributed by atoms with van der Waals surface area (Å²) in [5.74, 6) is 0. The molecule has 0 spiro atoms. The van der Waals surface area contributed by atoms with Crippen LogP contribution in [0.5, 0.6) is 0 Å². The van der Waals surface area contributed by atoms with Gasteiger partial charge in [-0.1, -0.05) is 0 Å². The molecular weight excluding hydrogens is 256 g/mol. The first-order chi connectivity index (χ1) is 0. The molecule has 0 aromatic rings. The summed E-state index contributed by atoms with van der Waals surface area (Å²) in [6.45, 7) is 0. The fourth-order valence-electron chi connectivity index (χ4n) is 0. The van der Waals surface area contributed by atoms with Crippen molar-refractivity contribution >= 4 is 51.4 Å². The molecule has 0 nitrogen and oxygen atoms in total. The molecule has 0 aliphatic rings. The average molecular weight is 264 g/mol. The van der Waals surface area contributed by atoms with Crippen molar-refractivity contribution in [1.29, 1.82) is 0 Å². The summed E-state index contributed by atoms with van der Waals surface area (Å²) in [6, 6.07) is 0. The first kappa shape index (κ1) is 60.8. The molecule has 0 aromatic carbocycles. The molecule has 0 unspecified atom stereocenters. The molecule has 0 saturated carbocycles. The molecular formula is H8AlFeMgMnSiZn. The van der Waals surface area contributed by atoms with Gasteiger partial charge in [0.25, 0.3) is 0 Å². The first-order valence-electron chi connectivity index (χ1n) is 0. The molecule has 0 bridgehead atoms. The van der Waals surface area contributed by atoms with Gasteiger partial charge in [0.05, 0.1) is 0 Å². The van der Waals surface area contributed by atoms with Crippen molar-refractivity contribution in [3.8, 4) is 0 Å². The predicted octanol–water partition coefficient (Wildman–Crippen LogP) is -2.53. The van der Waals surface area contributed by atoms with Crippen LogP contribution in [0.2, 0.25) is 0 Å². The van der Waals surface area contributed by atoms with Gasteiger partial charge in [-0.15, -0.1) is 0 Å². The molecule has 6 heavy (non-hydrogen) atoms. The van der Waals surface area contributed by atoms with Crippen molar-refractivity contribution in [3.05, 3.63) is 0 Å². The predicted molar refractivity (Wildman–Crippen MR) is 27.9 cm³/mol. The molecule has 34 valence electrons. The second-order valence-electron chi connectivity index (χ2n) is 0. The summed E-state index contributed by atoms with van der Waals surface area (Å²) in [7, 11) is 0. The number of hydrogen-bond acceptors (Lipinski definition) is 0. The van der Waals surface area contributed by atoms with Crippen LogP contribution in [-0.4, -0.2) is 51.4 Å². The van der Waals surface area contributed by atoms with E-state index in [9.17, 15) is 0 Å². The van der Waals surface area contributed by atoms with E-state index in [-0.39, 0.29) is 108 Å². The minimum Gasteiger partial charge on any atom is -1.00 e. The SMILES string of the molecule is [AlH3].[Fe].[H-].[H-].[Mg+2].[Mn].[SiH3].[Zn]. The maximum atomic E-state index is 0. The Morgan fingerprint density at radius 1 is 1.17 bits per heavy atom. The molecule has 2 radical (unpaired) electrons. The molecule has 0 amide bonds. The Balaban J connectivity index is 0. The van der Waals surface area contributed by atoms with Gasteiger partial charge in [-0.05, 0) is 11.0 Å². The molecule has 0 N–H and O–H groups in total. The van der Waals surface area contributed by atoms with Crippen molar-refractivity contribution < 1.29 is 56.5 Å². The summed E-state index contributed by atoms with van der Waals surface area (Å²) in [4.78, 5) is 0. The van der Waals surface area contributed by atoms with Gasteiger partial charge in [0, 0.05) is 53.6 Å². The molecule has 0 saturated heterocycles. The van der Waals surface area contributed by atoms with Gasteiger partial charge in [0.1, 0.15) is 0 Å². The summed E-state index contributed by atoms with van der Waals surface area (Å²) in [5.41, 5.74) is 0. The van der Waals surface area contributed by atoms with Crippen LogP contribution in [0, 0.1) is 0 Å². The van der Waals surface area contributed by atoms with Crippen LogP contribution < -0.4 is 0 Å². The quantitative estimate of drug-likeness (QED) is 0.423. The summed E-state index contributed by atoms with van der Waals surface area (Å²) < 4.78 is 0. The Morgan fingerprint density at radius 2 is 1.17 bits per heavy atom. The van der Waals surface area contributed by atoms with Crippen LogP contribution in [0.4, 0.5) is 0 Å². The summed E-state index contributed by atoms with van der Waals surface area (Å²) >= 11 is 0. The maximum absolute atomic E-state index is 0. The smallest absolute Gasteiger partial charge is 1.00 e. The second-order valence-corrected chi connectivity index (χ2v) is 0. The van der Waals surface area contributed by atoms with Crippen LogP contribution in [0.15, 0.2) is 0 Å². The van der Waals surface area contributed by atoms with Gasteiger partial charge in [0.15, 0.2) is 17.4 Å². The van der Waals surface area contributed by atoms with Crippen molar-refractivity contribution in [3.63, 3.8) is 0 Å². The zero-order valence-electron chi connectivity index (χ0n) is 5.15. The molecule has 0 fully saturated rings. The zero-order chi connectivity index (χ0) is 0. The van der Waals surface area contributed by atoms with Gasteiger partial charge >= 0.3 is 23.1 Å².